The molecule has 1 aliphatic heterocycles. The largest absolute Gasteiger partial charge is 0.318 e. The molecule has 158 valence electrons. The van der Waals surface area contributed by atoms with Gasteiger partial charge in [0.1, 0.15) is 0 Å². The van der Waals surface area contributed by atoms with Crippen LogP contribution in [0.2, 0.25) is 0 Å². The van der Waals surface area contributed by atoms with E-state index in [2.05, 4.69) is 5.10 Å². The van der Waals surface area contributed by atoms with E-state index in [1.807, 2.05) is 67.8 Å². The number of hydrazone groups is 1. The Kier molecular flexibility index (Phi) is 5.12. The second-order valence-electron chi connectivity index (χ2n) is 7.40. The number of amides is 1. The van der Waals surface area contributed by atoms with Crippen LogP contribution in [0.3, 0.4) is 0 Å². The first-order valence-corrected chi connectivity index (χ1v) is 11.2. The van der Waals surface area contributed by atoms with E-state index in [1.54, 1.807) is 12.1 Å². The highest BCUT2D eigenvalue weighted by molar-refractivity contribution is 7.89. The summed E-state index contributed by atoms with van der Waals surface area (Å²) in [6.45, 7) is 5.72. The Morgan fingerprint density at radius 2 is 1.58 bits per heavy atom. The zero-order chi connectivity index (χ0) is 22.3. The number of carbonyl (C=O) groups is 1. The van der Waals surface area contributed by atoms with Gasteiger partial charge in [0.25, 0.3) is 5.91 Å². The van der Waals surface area contributed by atoms with E-state index >= 15 is 0 Å². The SMILES string of the molecule is CC1=NN(c2ccccc2)C(=O)/C1=C\c1cc(C)n(-c2ccc(S(N)(=O)=O)cc2)c1C. The van der Waals surface area contributed by atoms with Crippen LogP contribution in [0.1, 0.15) is 23.9 Å². The number of para-hydroxylation sites is 1. The third-order valence-electron chi connectivity index (χ3n) is 5.26. The molecule has 2 heterocycles. The van der Waals surface area contributed by atoms with E-state index in [1.165, 1.54) is 17.1 Å². The standard InChI is InChI=1S/C23H22N4O3S/c1-15-13-18(17(3)26(15)19-9-11-21(12-10-19)31(24,29)30)14-22-16(2)25-27(23(22)28)20-7-5-4-6-8-20/h4-14H,1-3H3,(H2,24,29,30)/b22-14-. The minimum Gasteiger partial charge on any atom is -0.318 e. The van der Waals surface area contributed by atoms with Crippen LogP contribution < -0.4 is 10.1 Å². The molecule has 31 heavy (non-hydrogen) atoms. The van der Waals surface area contributed by atoms with Crippen LogP contribution in [0.25, 0.3) is 11.8 Å². The van der Waals surface area contributed by atoms with Crippen LogP contribution in [0.5, 0.6) is 0 Å². The summed E-state index contributed by atoms with van der Waals surface area (Å²) in [7, 11) is -3.75. The number of primary sulfonamides is 1. The molecule has 1 aromatic heterocycles. The summed E-state index contributed by atoms with van der Waals surface area (Å²) in [5.41, 5.74) is 5.47. The fourth-order valence-corrected chi connectivity index (χ4v) is 4.22. The van der Waals surface area contributed by atoms with Gasteiger partial charge in [-0.25, -0.2) is 13.6 Å². The molecule has 7 nitrogen and oxygen atoms in total. The zero-order valence-corrected chi connectivity index (χ0v) is 18.2. The number of rotatable bonds is 4. The van der Waals surface area contributed by atoms with Gasteiger partial charge in [0.05, 0.1) is 21.9 Å². The first-order valence-electron chi connectivity index (χ1n) is 9.66. The van der Waals surface area contributed by atoms with E-state index in [0.29, 0.717) is 11.3 Å². The van der Waals surface area contributed by atoms with Crippen LogP contribution in [0.15, 0.2) is 76.2 Å². The lowest BCUT2D eigenvalue weighted by molar-refractivity contribution is -0.114. The number of sulfonamides is 1. The predicted octanol–water partition coefficient (Wildman–Crippen LogP) is 3.55. The number of nitrogens with two attached hydrogens (primary N) is 1. The molecule has 0 unspecified atom stereocenters. The van der Waals surface area contributed by atoms with E-state index in [9.17, 15) is 13.2 Å². The van der Waals surface area contributed by atoms with E-state index in [0.717, 1.165) is 28.3 Å². The molecule has 2 N–H and O–H groups in total. The predicted molar refractivity (Wildman–Crippen MR) is 122 cm³/mol. The molecule has 0 saturated heterocycles. The van der Waals surface area contributed by atoms with Crippen molar-refractivity contribution in [1.82, 2.24) is 4.57 Å². The summed E-state index contributed by atoms with van der Waals surface area (Å²) >= 11 is 0. The maximum atomic E-state index is 13.0. The summed E-state index contributed by atoms with van der Waals surface area (Å²) in [5.74, 6) is -0.175. The number of hydrogen-bond acceptors (Lipinski definition) is 4. The van der Waals surface area contributed by atoms with E-state index < -0.39 is 10.0 Å². The average molecular weight is 435 g/mol. The molecule has 0 spiro atoms. The molecule has 1 aliphatic rings. The minimum absolute atomic E-state index is 0.0606. The van der Waals surface area contributed by atoms with Gasteiger partial charge in [-0.15, -0.1) is 0 Å². The number of aromatic nitrogens is 1. The second kappa shape index (κ2) is 7.64. The fraction of sp³-hybridized carbons (Fsp3) is 0.130. The minimum atomic E-state index is -3.75. The van der Waals surface area contributed by atoms with Crippen molar-refractivity contribution in [2.45, 2.75) is 25.7 Å². The maximum absolute atomic E-state index is 13.0. The molecular weight excluding hydrogens is 412 g/mol. The zero-order valence-electron chi connectivity index (χ0n) is 17.4. The molecule has 0 saturated carbocycles. The van der Waals surface area contributed by atoms with Crippen molar-refractivity contribution in [1.29, 1.82) is 0 Å². The molecule has 0 radical (unpaired) electrons. The van der Waals surface area contributed by atoms with Crippen molar-refractivity contribution in [3.8, 4) is 5.69 Å². The third-order valence-corrected chi connectivity index (χ3v) is 6.19. The number of aryl methyl sites for hydroxylation is 1. The smallest absolute Gasteiger partial charge is 0.280 e. The van der Waals surface area contributed by atoms with Crippen molar-refractivity contribution in [2.24, 2.45) is 10.2 Å². The highest BCUT2D eigenvalue weighted by Gasteiger charge is 2.29. The van der Waals surface area contributed by atoms with Gasteiger partial charge in [-0.3, -0.25) is 4.79 Å². The Labute approximate surface area is 181 Å². The Morgan fingerprint density at radius 1 is 0.935 bits per heavy atom. The van der Waals surface area contributed by atoms with Crippen molar-refractivity contribution in [2.75, 3.05) is 5.01 Å². The van der Waals surface area contributed by atoms with Crippen LogP contribution in [-0.2, 0) is 14.8 Å². The summed E-state index contributed by atoms with van der Waals surface area (Å²) < 4.78 is 25.0. The Hall–Kier alpha value is -3.49. The number of carbonyl (C=O) groups excluding carboxylic acids is 1. The van der Waals surface area contributed by atoms with Gasteiger partial charge < -0.3 is 4.57 Å². The number of benzene rings is 2. The number of hydrogen-bond donors (Lipinski definition) is 1. The van der Waals surface area contributed by atoms with Gasteiger partial charge in [-0.05, 0) is 74.9 Å². The monoisotopic (exact) mass is 434 g/mol. The van der Waals surface area contributed by atoms with Crippen molar-refractivity contribution in [3.05, 3.63) is 83.2 Å². The van der Waals surface area contributed by atoms with Gasteiger partial charge in [0.15, 0.2) is 0 Å². The summed E-state index contributed by atoms with van der Waals surface area (Å²) in [5, 5.41) is 11.0. The Bertz CT molecular complexity index is 1340. The number of anilines is 1. The lowest BCUT2D eigenvalue weighted by Crippen LogP contribution is -2.21. The summed E-state index contributed by atoms with van der Waals surface area (Å²) in [6, 6.07) is 17.7. The van der Waals surface area contributed by atoms with Gasteiger partial charge in [0, 0.05) is 17.1 Å². The quantitative estimate of drug-likeness (QED) is 0.636. The molecule has 0 fully saturated rings. The van der Waals surface area contributed by atoms with Gasteiger partial charge >= 0.3 is 0 Å². The molecule has 3 aromatic rings. The lowest BCUT2D eigenvalue weighted by atomic mass is 10.1. The molecule has 1 amide bonds. The number of nitrogens with zero attached hydrogens (tertiary/aromatic N) is 3. The molecule has 0 bridgehead atoms. The molecule has 0 aliphatic carbocycles. The van der Waals surface area contributed by atoms with Crippen molar-refractivity contribution in [3.63, 3.8) is 0 Å². The lowest BCUT2D eigenvalue weighted by Gasteiger charge is -2.11. The molecule has 4 rings (SSSR count). The van der Waals surface area contributed by atoms with Gasteiger partial charge in [-0.1, -0.05) is 18.2 Å². The van der Waals surface area contributed by atoms with E-state index in [-0.39, 0.29) is 10.8 Å². The fourth-order valence-electron chi connectivity index (χ4n) is 3.70. The molecule has 8 heteroatoms. The van der Waals surface area contributed by atoms with Crippen LogP contribution in [0, 0.1) is 13.8 Å². The molecule has 0 atom stereocenters. The highest BCUT2D eigenvalue weighted by Crippen LogP contribution is 2.28. The average Bonchev–Trinajstić information content (AvgIpc) is 3.18. The summed E-state index contributed by atoms with van der Waals surface area (Å²) in [4.78, 5) is 13.1. The first kappa shape index (κ1) is 20.8. The van der Waals surface area contributed by atoms with Crippen molar-refractivity contribution >= 4 is 33.4 Å². The van der Waals surface area contributed by atoms with Crippen LogP contribution in [0.4, 0.5) is 5.69 Å². The third kappa shape index (κ3) is 3.83. The Balaban J connectivity index is 1.70. The van der Waals surface area contributed by atoms with Gasteiger partial charge in [-0.2, -0.15) is 10.1 Å². The van der Waals surface area contributed by atoms with Crippen LogP contribution >= 0.6 is 0 Å². The maximum Gasteiger partial charge on any atom is 0.280 e. The van der Waals surface area contributed by atoms with Crippen molar-refractivity contribution < 1.29 is 13.2 Å². The highest BCUT2D eigenvalue weighted by atomic mass is 32.2. The summed E-state index contributed by atoms with van der Waals surface area (Å²) in [6.07, 6.45) is 1.85. The molecule has 2 aromatic carbocycles. The normalized spacial score (nSPS) is 15.6. The molecular formula is C23H22N4O3S. The van der Waals surface area contributed by atoms with Crippen LogP contribution in [-0.4, -0.2) is 24.6 Å². The Morgan fingerprint density at radius 3 is 2.19 bits per heavy atom. The first-order chi connectivity index (χ1) is 14.7. The second-order valence-corrected chi connectivity index (χ2v) is 8.96. The van der Waals surface area contributed by atoms with Gasteiger partial charge in [0.2, 0.25) is 10.0 Å². The topological polar surface area (TPSA) is 97.8 Å². The van der Waals surface area contributed by atoms with E-state index in [4.69, 9.17) is 5.14 Å².